The van der Waals surface area contributed by atoms with Crippen molar-refractivity contribution in [3.8, 4) is 0 Å². The molecule has 0 spiro atoms. The first-order valence-electron chi connectivity index (χ1n) is 7.66. The number of hydrogen-bond acceptors (Lipinski definition) is 1. The van der Waals surface area contributed by atoms with Crippen molar-refractivity contribution in [2.45, 2.75) is 45.7 Å². The summed E-state index contributed by atoms with van der Waals surface area (Å²) in [6.45, 7) is 5.37. The predicted molar refractivity (Wildman–Crippen MR) is 81.3 cm³/mol. The summed E-state index contributed by atoms with van der Waals surface area (Å²) in [6.07, 6.45) is 7.95. The van der Waals surface area contributed by atoms with E-state index in [-0.39, 0.29) is 0 Å². The SMILES string of the molecule is CCNCc1cccc2ccn(CC3CCCC3)c12. The van der Waals surface area contributed by atoms with Crippen molar-refractivity contribution >= 4 is 10.9 Å². The van der Waals surface area contributed by atoms with Crippen LogP contribution in [0.3, 0.4) is 0 Å². The topological polar surface area (TPSA) is 17.0 Å². The molecule has 0 aliphatic heterocycles. The van der Waals surface area contributed by atoms with Gasteiger partial charge in [0.2, 0.25) is 0 Å². The van der Waals surface area contributed by atoms with E-state index in [1.807, 2.05) is 0 Å². The molecule has 1 aliphatic rings. The third-order valence-corrected chi connectivity index (χ3v) is 4.37. The van der Waals surface area contributed by atoms with Crippen LogP contribution in [0, 0.1) is 5.92 Å². The first-order chi connectivity index (χ1) is 9.38. The van der Waals surface area contributed by atoms with E-state index in [1.54, 1.807) is 0 Å². The summed E-state index contributed by atoms with van der Waals surface area (Å²) >= 11 is 0. The number of nitrogens with one attached hydrogen (secondary N) is 1. The van der Waals surface area contributed by atoms with Crippen LogP contribution in [0.4, 0.5) is 0 Å². The highest BCUT2D eigenvalue weighted by Gasteiger charge is 2.16. The minimum Gasteiger partial charge on any atom is -0.347 e. The zero-order valence-electron chi connectivity index (χ0n) is 11.9. The fraction of sp³-hybridized carbons (Fsp3) is 0.529. The Morgan fingerprint density at radius 3 is 2.84 bits per heavy atom. The van der Waals surface area contributed by atoms with Gasteiger partial charge < -0.3 is 9.88 Å². The molecular weight excluding hydrogens is 232 g/mol. The maximum atomic E-state index is 3.45. The van der Waals surface area contributed by atoms with Crippen LogP contribution in [0.25, 0.3) is 10.9 Å². The molecule has 1 aliphatic carbocycles. The highest BCUT2D eigenvalue weighted by atomic mass is 15.0. The fourth-order valence-corrected chi connectivity index (χ4v) is 3.37. The number of rotatable bonds is 5. The van der Waals surface area contributed by atoms with Crippen molar-refractivity contribution in [1.82, 2.24) is 9.88 Å². The molecule has 1 heterocycles. The summed E-state index contributed by atoms with van der Waals surface area (Å²) in [6, 6.07) is 8.93. The van der Waals surface area contributed by atoms with Gasteiger partial charge in [0.05, 0.1) is 5.52 Å². The Kier molecular flexibility index (Phi) is 3.88. The van der Waals surface area contributed by atoms with Gasteiger partial charge in [0.25, 0.3) is 0 Å². The molecule has 0 saturated heterocycles. The largest absolute Gasteiger partial charge is 0.347 e. The minimum absolute atomic E-state index is 0.891. The molecule has 3 rings (SSSR count). The van der Waals surface area contributed by atoms with Gasteiger partial charge in [-0.2, -0.15) is 0 Å². The van der Waals surface area contributed by atoms with Crippen LogP contribution in [0.2, 0.25) is 0 Å². The average molecular weight is 256 g/mol. The third-order valence-electron chi connectivity index (χ3n) is 4.37. The Morgan fingerprint density at radius 1 is 1.21 bits per heavy atom. The first-order valence-corrected chi connectivity index (χ1v) is 7.66. The van der Waals surface area contributed by atoms with Crippen molar-refractivity contribution in [3.63, 3.8) is 0 Å². The molecule has 1 saturated carbocycles. The second-order valence-corrected chi connectivity index (χ2v) is 5.75. The lowest BCUT2D eigenvalue weighted by atomic mass is 10.1. The number of hydrogen-bond donors (Lipinski definition) is 1. The van der Waals surface area contributed by atoms with E-state index in [0.717, 1.165) is 19.0 Å². The van der Waals surface area contributed by atoms with Crippen molar-refractivity contribution in [3.05, 3.63) is 36.0 Å². The Morgan fingerprint density at radius 2 is 2.05 bits per heavy atom. The van der Waals surface area contributed by atoms with Crippen LogP contribution in [0.15, 0.2) is 30.5 Å². The van der Waals surface area contributed by atoms with Gasteiger partial charge in [-0.3, -0.25) is 0 Å². The fourth-order valence-electron chi connectivity index (χ4n) is 3.37. The summed E-state index contributed by atoms with van der Waals surface area (Å²) in [5, 5.41) is 4.84. The van der Waals surface area contributed by atoms with Gasteiger partial charge in [0.15, 0.2) is 0 Å². The molecule has 2 nitrogen and oxygen atoms in total. The molecule has 0 radical (unpaired) electrons. The molecule has 1 aromatic carbocycles. The quantitative estimate of drug-likeness (QED) is 0.857. The molecule has 0 unspecified atom stereocenters. The average Bonchev–Trinajstić information content (AvgIpc) is 3.07. The monoisotopic (exact) mass is 256 g/mol. The van der Waals surface area contributed by atoms with E-state index >= 15 is 0 Å². The molecule has 0 bridgehead atoms. The Bertz CT molecular complexity index is 535. The lowest BCUT2D eigenvalue weighted by molar-refractivity contribution is 0.465. The third kappa shape index (κ3) is 2.69. The van der Waals surface area contributed by atoms with Gasteiger partial charge in [-0.15, -0.1) is 0 Å². The van der Waals surface area contributed by atoms with Gasteiger partial charge in [-0.25, -0.2) is 0 Å². The zero-order valence-corrected chi connectivity index (χ0v) is 11.9. The van der Waals surface area contributed by atoms with E-state index in [9.17, 15) is 0 Å². The number of nitrogens with zero attached hydrogens (tertiary/aromatic N) is 1. The summed E-state index contributed by atoms with van der Waals surface area (Å²) in [5.74, 6) is 0.891. The molecule has 2 aromatic rings. The molecule has 102 valence electrons. The summed E-state index contributed by atoms with van der Waals surface area (Å²) in [4.78, 5) is 0. The summed E-state index contributed by atoms with van der Waals surface area (Å²) in [5.41, 5.74) is 2.87. The van der Waals surface area contributed by atoms with Crippen molar-refractivity contribution < 1.29 is 0 Å². The van der Waals surface area contributed by atoms with Crippen LogP contribution >= 0.6 is 0 Å². The van der Waals surface area contributed by atoms with E-state index in [2.05, 4.69) is 47.3 Å². The van der Waals surface area contributed by atoms with Crippen LogP contribution in [-0.2, 0) is 13.1 Å². The number of para-hydroxylation sites is 1. The Labute approximate surface area is 115 Å². The molecule has 1 N–H and O–H groups in total. The van der Waals surface area contributed by atoms with E-state index in [1.165, 1.54) is 48.7 Å². The second-order valence-electron chi connectivity index (χ2n) is 5.75. The maximum Gasteiger partial charge on any atom is 0.0525 e. The predicted octanol–water partition coefficient (Wildman–Crippen LogP) is 3.94. The zero-order chi connectivity index (χ0) is 13.1. The van der Waals surface area contributed by atoms with Crippen molar-refractivity contribution in [1.29, 1.82) is 0 Å². The van der Waals surface area contributed by atoms with Gasteiger partial charge in [0.1, 0.15) is 0 Å². The second kappa shape index (κ2) is 5.79. The Hall–Kier alpha value is -1.28. The van der Waals surface area contributed by atoms with Crippen LogP contribution in [0.1, 0.15) is 38.2 Å². The first kappa shape index (κ1) is 12.7. The maximum absolute atomic E-state index is 3.45. The Balaban J connectivity index is 1.90. The standard InChI is InChI=1S/C17H24N2/c1-2-18-12-16-9-5-8-15-10-11-19(17(15)16)13-14-6-3-4-7-14/h5,8-11,14,18H,2-4,6-7,12-13H2,1H3. The molecule has 2 heteroatoms. The number of aromatic nitrogens is 1. The summed E-state index contributed by atoms with van der Waals surface area (Å²) < 4.78 is 2.48. The van der Waals surface area contributed by atoms with Crippen LogP contribution < -0.4 is 5.32 Å². The lowest BCUT2D eigenvalue weighted by Gasteiger charge is -2.14. The minimum atomic E-state index is 0.891. The van der Waals surface area contributed by atoms with Crippen LogP contribution in [-0.4, -0.2) is 11.1 Å². The summed E-state index contributed by atoms with van der Waals surface area (Å²) in [7, 11) is 0. The van der Waals surface area contributed by atoms with Crippen molar-refractivity contribution in [2.24, 2.45) is 5.92 Å². The van der Waals surface area contributed by atoms with Crippen LogP contribution in [0.5, 0.6) is 0 Å². The molecule has 0 atom stereocenters. The van der Waals surface area contributed by atoms with E-state index < -0.39 is 0 Å². The lowest BCUT2D eigenvalue weighted by Crippen LogP contribution is -2.13. The highest BCUT2D eigenvalue weighted by molar-refractivity contribution is 5.83. The number of fused-ring (bicyclic) bond motifs is 1. The molecule has 1 fully saturated rings. The van der Waals surface area contributed by atoms with Gasteiger partial charge >= 0.3 is 0 Å². The van der Waals surface area contributed by atoms with E-state index in [0.29, 0.717) is 0 Å². The van der Waals surface area contributed by atoms with Crippen molar-refractivity contribution in [2.75, 3.05) is 6.54 Å². The van der Waals surface area contributed by atoms with Gasteiger partial charge in [-0.05, 0) is 42.3 Å². The molecule has 19 heavy (non-hydrogen) atoms. The van der Waals surface area contributed by atoms with E-state index in [4.69, 9.17) is 0 Å². The highest BCUT2D eigenvalue weighted by Crippen LogP contribution is 2.29. The van der Waals surface area contributed by atoms with Gasteiger partial charge in [-0.1, -0.05) is 38.0 Å². The van der Waals surface area contributed by atoms with Gasteiger partial charge in [0, 0.05) is 19.3 Å². The normalized spacial score (nSPS) is 16.5. The molecule has 0 amide bonds. The molecular formula is C17H24N2. The smallest absolute Gasteiger partial charge is 0.0525 e. The molecule has 1 aromatic heterocycles. The number of benzene rings is 1.